The minimum Gasteiger partial charge on any atom is -0.507 e. The third-order valence-electron chi connectivity index (χ3n) is 3.14. The van der Waals surface area contributed by atoms with Gasteiger partial charge in [0.2, 0.25) is 0 Å². The topological polar surface area (TPSA) is 70.9 Å². The van der Waals surface area contributed by atoms with Gasteiger partial charge in [-0.05, 0) is 37.1 Å². The average Bonchev–Trinajstić information content (AvgIpc) is 2.49. The number of carbonyl (C=O) groups excluding carboxylic acids is 1. The molecule has 1 amide bonds. The van der Waals surface area contributed by atoms with Crippen LogP contribution in [-0.4, -0.2) is 23.8 Å². The highest BCUT2D eigenvalue weighted by Gasteiger charge is 2.07. The van der Waals surface area contributed by atoms with Gasteiger partial charge in [0.1, 0.15) is 5.75 Å². The molecule has 5 nitrogen and oxygen atoms in total. The van der Waals surface area contributed by atoms with Crippen molar-refractivity contribution in [3.8, 4) is 5.75 Å². The maximum absolute atomic E-state index is 11.8. The zero-order valence-corrected chi connectivity index (χ0v) is 12.5. The number of anilines is 1. The molecule has 0 aliphatic carbocycles. The Balaban J connectivity index is 1.87. The van der Waals surface area contributed by atoms with E-state index in [0.717, 1.165) is 16.8 Å². The second kappa shape index (κ2) is 7.26. The lowest BCUT2D eigenvalue weighted by Crippen LogP contribution is -2.18. The summed E-state index contributed by atoms with van der Waals surface area (Å²) in [5, 5.41) is 16.0. The van der Waals surface area contributed by atoms with Gasteiger partial charge in [0, 0.05) is 11.3 Å². The summed E-state index contributed by atoms with van der Waals surface area (Å²) in [6.45, 7) is 3.66. The Labute approximate surface area is 129 Å². The molecule has 5 heteroatoms. The number of phenols is 1. The molecule has 2 aromatic carbocycles. The quantitative estimate of drug-likeness (QED) is 0.658. The fourth-order valence-corrected chi connectivity index (χ4v) is 1.97. The van der Waals surface area contributed by atoms with E-state index in [1.807, 2.05) is 32.0 Å². The molecule has 0 radical (unpaired) electrons. The Hall–Kier alpha value is -2.82. The summed E-state index contributed by atoms with van der Waals surface area (Å²) in [6.07, 6.45) is 1.36. The van der Waals surface area contributed by atoms with E-state index < -0.39 is 0 Å². The number of carbonyl (C=O) groups is 1. The van der Waals surface area contributed by atoms with Gasteiger partial charge in [-0.2, -0.15) is 0 Å². The van der Waals surface area contributed by atoms with Crippen molar-refractivity contribution in [2.24, 2.45) is 5.16 Å². The Kier molecular flexibility index (Phi) is 5.14. The van der Waals surface area contributed by atoms with E-state index >= 15 is 0 Å². The van der Waals surface area contributed by atoms with Crippen LogP contribution in [0.3, 0.4) is 0 Å². The Morgan fingerprint density at radius 3 is 2.55 bits per heavy atom. The Morgan fingerprint density at radius 1 is 1.18 bits per heavy atom. The van der Waals surface area contributed by atoms with Crippen LogP contribution in [0.25, 0.3) is 0 Å². The minimum absolute atomic E-state index is 0.106. The van der Waals surface area contributed by atoms with Crippen LogP contribution in [0.4, 0.5) is 5.69 Å². The summed E-state index contributed by atoms with van der Waals surface area (Å²) in [4.78, 5) is 16.8. The molecule has 0 saturated carbocycles. The van der Waals surface area contributed by atoms with Gasteiger partial charge in [-0.25, -0.2) is 0 Å². The molecule has 2 rings (SSSR count). The van der Waals surface area contributed by atoms with E-state index in [0.29, 0.717) is 5.56 Å². The molecule has 0 fully saturated rings. The molecule has 2 N–H and O–H groups in total. The summed E-state index contributed by atoms with van der Waals surface area (Å²) in [6, 6.07) is 12.5. The van der Waals surface area contributed by atoms with E-state index in [-0.39, 0.29) is 18.3 Å². The molecule has 0 atom stereocenters. The summed E-state index contributed by atoms with van der Waals surface area (Å²) in [5.74, 6) is -0.179. The molecule has 0 unspecified atom stereocenters. The third-order valence-corrected chi connectivity index (χ3v) is 3.14. The lowest BCUT2D eigenvalue weighted by molar-refractivity contribution is -0.120. The highest BCUT2D eigenvalue weighted by atomic mass is 16.6. The molecular formula is C17H18N2O3. The molecule has 0 aliphatic heterocycles. The fraction of sp³-hybridized carbons (Fsp3) is 0.176. The predicted molar refractivity (Wildman–Crippen MR) is 86.2 cm³/mol. The number of hydrogen-bond donors (Lipinski definition) is 2. The van der Waals surface area contributed by atoms with Gasteiger partial charge in [-0.15, -0.1) is 0 Å². The molecule has 2 aromatic rings. The number of benzene rings is 2. The maximum atomic E-state index is 11.8. The van der Waals surface area contributed by atoms with Gasteiger partial charge in [0.25, 0.3) is 5.91 Å². The zero-order valence-electron chi connectivity index (χ0n) is 12.5. The van der Waals surface area contributed by atoms with Crippen LogP contribution < -0.4 is 5.32 Å². The standard InChI is InChI=1S/C17H18N2O3/c1-12-6-5-7-13(2)17(12)19-16(21)11-22-18-10-14-8-3-4-9-15(14)20/h3-10,20H,11H2,1-2H3,(H,19,21)/b18-10+. The first kappa shape index (κ1) is 15.6. The first-order chi connectivity index (χ1) is 10.6. The van der Waals surface area contributed by atoms with Crippen molar-refractivity contribution in [1.82, 2.24) is 0 Å². The van der Waals surface area contributed by atoms with Crippen molar-refractivity contribution in [2.75, 3.05) is 11.9 Å². The molecule has 0 saturated heterocycles. The van der Waals surface area contributed by atoms with E-state index in [2.05, 4.69) is 10.5 Å². The first-order valence-corrected chi connectivity index (χ1v) is 6.87. The highest BCUT2D eigenvalue weighted by Crippen LogP contribution is 2.19. The molecular weight excluding hydrogens is 280 g/mol. The van der Waals surface area contributed by atoms with Crippen LogP contribution >= 0.6 is 0 Å². The number of para-hydroxylation sites is 2. The summed E-state index contributed by atoms with van der Waals surface area (Å²) in [5.41, 5.74) is 3.30. The van der Waals surface area contributed by atoms with Crippen molar-refractivity contribution < 1.29 is 14.7 Å². The van der Waals surface area contributed by atoms with Gasteiger partial charge in [0.15, 0.2) is 6.61 Å². The number of nitrogens with zero attached hydrogens (tertiary/aromatic N) is 1. The summed E-state index contributed by atoms with van der Waals surface area (Å²) < 4.78 is 0. The monoisotopic (exact) mass is 298 g/mol. The first-order valence-electron chi connectivity index (χ1n) is 6.87. The van der Waals surface area contributed by atoms with Crippen molar-refractivity contribution in [1.29, 1.82) is 0 Å². The Morgan fingerprint density at radius 2 is 1.86 bits per heavy atom. The largest absolute Gasteiger partial charge is 0.507 e. The van der Waals surface area contributed by atoms with Crippen LogP contribution in [0.1, 0.15) is 16.7 Å². The fourth-order valence-electron chi connectivity index (χ4n) is 1.97. The molecule has 114 valence electrons. The molecule has 0 bridgehead atoms. The van der Waals surface area contributed by atoms with Crippen LogP contribution in [0, 0.1) is 13.8 Å². The number of phenolic OH excluding ortho intramolecular Hbond substituents is 1. The van der Waals surface area contributed by atoms with Crippen LogP contribution in [-0.2, 0) is 9.63 Å². The van der Waals surface area contributed by atoms with Gasteiger partial charge in [-0.3, -0.25) is 4.79 Å². The van der Waals surface area contributed by atoms with E-state index in [1.54, 1.807) is 24.3 Å². The maximum Gasteiger partial charge on any atom is 0.265 e. The summed E-state index contributed by atoms with van der Waals surface area (Å²) >= 11 is 0. The zero-order chi connectivity index (χ0) is 15.9. The molecule has 0 spiro atoms. The SMILES string of the molecule is Cc1cccc(C)c1NC(=O)CO/N=C/c1ccccc1O. The molecule has 0 aromatic heterocycles. The normalized spacial score (nSPS) is 10.6. The Bertz CT molecular complexity index is 676. The van der Waals surface area contributed by atoms with Crippen LogP contribution in [0.5, 0.6) is 5.75 Å². The molecule has 0 heterocycles. The van der Waals surface area contributed by atoms with Crippen LogP contribution in [0.15, 0.2) is 47.6 Å². The summed E-state index contributed by atoms with van der Waals surface area (Å²) in [7, 11) is 0. The minimum atomic E-state index is -0.285. The second-order valence-corrected chi connectivity index (χ2v) is 4.88. The van der Waals surface area contributed by atoms with Crippen molar-refractivity contribution in [2.45, 2.75) is 13.8 Å². The number of aromatic hydroxyl groups is 1. The number of nitrogens with one attached hydrogen (secondary N) is 1. The lowest BCUT2D eigenvalue weighted by atomic mass is 10.1. The molecule has 0 aliphatic rings. The van der Waals surface area contributed by atoms with E-state index in [4.69, 9.17) is 4.84 Å². The van der Waals surface area contributed by atoms with Crippen molar-refractivity contribution in [3.63, 3.8) is 0 Å². The smallest absolute Gasteiger partial charge is 0.265 e. The average molecular weight is 298 g/mol. The van der Waals surface area contributed by atoms with Crippen molar-refractivity contribution >= 4 is 17.8 Å². The van der Waals surface area contributed by atoms with Gasteiger partial charge >= 0.3 is 0 Å². The second-order valence-electron chi connectivity index (χ2n) is 4.88. The number of amides is 1. The third kappa shape index (κ3) is 4.09. The molecule has 22 heavy (non-hydrogen) atoms. The number of oxime groups is 1. The highest BCUT2D eigenvalue weighted by molar-refractivity contribution is 5.93. The number of aryl methyl sites for hydroxylation is 2. The van der Waals surface area contributed by atoms with E-state index in [1.165, 1.54) is 6.21 Å². The lowest BCUT2D eigenvalue weighted by Gasteiger charge is -2.10. The van der Waals surface area contributed by atoms with Gasteiger partial charge < -0.3 is 15.3 Å². The van der Waals surface area contributed by atoms with Gasteiger partial charge in [-0.1, -0.05) is 35.5 Å². The van der Waals surface area contributed by atoms with Crippen molar-refractivity contribution in [3.05, 3.63) is 59.2 Å². The predicted octanol–water partition coefficient (Wildman–Crippen LogP) is 3.00. The number of rotatable bonds is 5. The van der Waals surface area contributed by atoms with E-state index in [9.17, 15) is 9.90 Å². The van der Waals surface area contributed by atoms with Crippen LogP contribution in [0.2, 0.25) is 0 Å². The van der Waals surface area contributed by atoms with Gasteiger partial charge in [0.05, 0.1) is 6.21 Å². The number of hydrogen-bond acceptors (Lipinski definition) is 4.